The lowest BCUT2D eigenvalue weighted by atomic mass is 9.75. The van der Waals surface area contributed by atoms with E-state index < -0.39 is 0 Å². The van der Waals surface area contributed by atoms with Gasteiger partial charge in [0.1, 0.15) is 5.69 Å². The zero-order valence-electron chi connectivity index (χ0n) is 14.7. The van der Waals surface area contributed by atoms with Crippen molar-refractivity contribution in [1.82, 2.24) is 30.2 Å². The molecule has 2 bridgehead atoms. The molecule has 2 unspecified atom stereocenters. The molecule has 8 nitrogen and oxygen atoms in total. The SMILES string of the molecule is O=C(NCc1cccnc1)[C@H]1CN2CCC1C[C@@H]2Cn1cc(CO)nn1. The minimum Gasteiger partial charge on any atom is -0.390 e. The van der Waals surface area contributed by atoms with Crippen LogP contribution in [0.3, 0.4) is 0 Å². The topological polar surface area (TPSA) is 96.2 Å². The number of fused-ring (bicyclic) bond motifs is 3. The summed E-state index contributed by atoms with van der Waals surface area (Å²) in [5, 5.41) is 20.2. The van der Waals surface area contributed by atoms with Crippen molar-refractivity contribution in [3.8, 4) is 0 Å². The molecule has 3 fully saturated rings. The third kappa shape index (κ3) is 3.61. The van der Waals surface area contributed by atoms with Crippen molar-refractivity contribution in [1.29, 1.82) is 0 Å². The summed E-state index contributed by atoms with van der Waals surface area (Å²) in [6, 6.07) is 4.23. The highest BCUT2D eigenvalue weighted by molar-refractivity contribution is 5.79. The van der Waals surface area contributed by atoms with Crippen molar-refractivity contribution in [2.75, 3.05) is 13.1 Å². The molecule has 8 heteroatoms. The summed E-state index contributed by atoms with van der Waals surface area (Å²) in [4.78, 5) is 19.1. The smallest absolute Gasteiger partial charge is 0.224 e. The Morgan fingerprint density at radius 2 is 2.35 bits per heavy atom. The first-order chi connectivity index (χ1) is 12.7. The van der Waals surface area contributed by atoms with Crippen LogP contribution in [0.4, 0.5) is 0 Å². The van der Waals surface area contributed by atoms with Gasteiger partial charge < -0.3 is 10.4 Å². The fourth-order valence-corrected chi connectivity index (χ4v) is 4.16. The molecular formula is C18H24N6O2. The van der Waals surface area contributed by atoms with Gasteiger partial charge in [-0.05, 0) is 36.9 Å². The Bertz CT molecular complexity index is 749. The van der Waals surface area contributed by atoms with E-state index in [9.17, 15) is 4.79 Å². The number of rotatable bonds is 6. The lowest BCUT2D eigenvalue weighted by molar-refractivity contribution is -0.133. The van der Waals surface area contributed by atoms with Crippen LogP contribution >= 0.6 is 0 Å². The van der Waals surface area contributed by atoms with Gasteiger partial charge in [-0.3, -0.25) is 19.4 Å². The Hall–Kier alpha value is -2.32. The van der Waals surface area contributed by atoms with E-state index >= 15 is 0 Å². The largest absolute Gasteiger partial charge is 0.390 e. The Morgan fingerprint density at radius 1 is 1.42 bits per heavy atom. The normalized spacial score (nSPS) is 27.4. The second kappa shape index (κ2) is 7.51. The molecule has 4 atom stereocenters. The summed E-state index contributed by atoms with van der Waals surface area (Å²) in [5.41, 5.74) is 1.61. The second-order valence-electron chi connectivity index (χ2n) is 7.21. The highest BCUT2D eigenvalue weighted by atomic mass is 16.3. The lowest BCUT2D eigenvalue weighted by Crippen LogP contribution is -2.58. The van der Waals surface area contributed by atoms with Crippen molar-refractivity contribution < 1.29 is 9.90 Å². The van der Waals surface area contributed by atoms with Gasteiger partial charge in [0.05, 0.1) is 25.3 Å². The molecule has 0 saturated carbocycles. The molecule has 2 aromatic rings. The van der Waals surface area contributed by atoms with Crippen LogP contribution in [0.1, 0.15) is 24.1 Å². The van der Waals surface area contributed by atoms with Gasteiger partial charge in [-0.2, -0.15) is 0 Å². The van der Waals surface area contributed by atoms with Gasteiger partial charge in [0.2, 0.25) is 5.91 Å². The van der Waals surface area contributed by atoms with E-state index in [4.69, 9.17) is 5.11 Å². The predicted molar refractivity (Wildman–Crippen MR) is 93.6 cm³/mol. The Morgan fingerprint density at radius 3 is 3.04 bits per heavy atom. The number of hydrogen-bond acceptors (Lipinski definition) is 6. The van der Waals surface area contributed by atoms with Crippen molar-refractivity contribution in [3.05, 3.63) is 42.0 Å². The first-order valence-corrected chi connectivity index (χ1v) is 9.13. The number of aliphatic hydroxyl groups excluding tert-OH is 1. The molecule has 138 valence electrons. The van der Waals surface area contributed by atoms with Gasteiger partial charge in [0.15, 0.2) is 0 Å². The van der Waals surface area contributed by atoms with Crippen molar-refractivity contribution in [2.24, 2.45) is 11.8 Å². The van der Waals surface area contributed by atoms with E-state index in [0.717, 1.165) is 38.0 Å². The number of nitrogens with one attached hydrogen (secondary N) is 1. The maximum atomic E-state index is 12.7. The number of pyridine rings is 1. The zero-order valence-corrected chi connectivity index (χ0v) is 14.7. The number of hydrogen-bond donors (Lipinski definition) is 2. The van der Waals surface area contributed by atoms with Gasteiger partial charge >= 0.3 is 0 Å². The zero-order chi connectivity index (χ0) is 17.9. The number of aliphatic hydroxyl groups is 1. The molecule has 1 amide bonds. The van der Waals surface area contributed by atoms with Crippen LogP contribution in [0.2, 0.25) is 0 Å². The summed E-state index contributed by atoms with van der Waals surface area (Å²) in [6.07, 6.45) is 7.38. The third-order valence-corrected chi connectivity index (χ3v) is 5.55. The summed E-state index contributed by atoms with van der Waals surface area (Å²) in [7, 11) is 0. The van der Waals surface area contributed by atoms with Crippen LogP contribution in [0, 0.1) is 11.8 Å². The molecule has 3 saturated heterocycles. The van der Waals surface area contributed by atoms with Gasteiger partial charge in [-0.1, -0.05) is 11.3 Å². The van der Waals surface area contributed by atoms with Gasteiger partial charge in [-0.25, -0.2) is 0 Å². The number of carbonyl (C=O) groups is 1. The molecule has 0 aromatic carbocycles. The Balaban J connectivity index is 1.33. The standard InChI is InChI=1S/C18H24N6O2/c25-12-15-9-24(22-21-15)10-16-6-14-3-5-23(16)11-17(14)18(26)20-8-13-2-1-4-19-7-13/h1-2,4,7,9,14,16-17,25H,3,5-6,8,10-12H2,(H,20,26)/t14?,16-,17+/m1/s1. The van der Waals surface area contributed by atoms with Gasteiger partial charge in [0, 0.05) is 31.5 Å². The molecule has 2 N–H and O–H groups in total. The first-order valence-electron chi connectivity index (χ1n) is 9.13. The van der Waals surface area contributed by atoms with Crippen LogP contribution in [-0.2, 0) is 24.5 Å². The average Bonchev–Trinajstić information content (AvgIpc) is 3.15. The molecule has 26 heavy (non-hydrogen) atoms. The first kappa shape index (κ1) is 17.1. The molecule has 2 aromatic heterocycles. The van der Waals surface area contributed by atoms with Gasteiger partial charge in [-0.15, -0.1) is 5.10 Å². The maximum absolute atomic E-state index is 12.7. The van der Waals surface area contributed by atoms with Gasteiger partial charge in [0.25, 0.3) is 0 Å². The van der Waals surface area contributed by atoms with Crippen LogP contribution in [0.25, 0.3) is 0 Å². The number of aromatic nitrogens is 4. The molecule has 3 aliphatic heterocycles. The maximum Gasteiger partial charge on any atom is 0.224 e. The molecule has 5 heterocycles. The molecule has 0 radical (unpaired) electrons. The predicted octanol–water partition coefficient (Wildman–Crippen LogP) is 0.192. The quantitative estimate of drug-likeness (QED) is 0.767. The Labute approximate surface area is 152 Å². The Kier molecular flexibility index (Phi) is 4.94. The van der Waals surface area contributed by atoms with Crippen LogP contribution < -0.4 is 5.32 Å². The summed E-state index contributed by atoms with van der Waals surface area (Å²) in [6.45, 7) is 3.03. The summed E-state index contributed by atoms with van der Waals surface area (Å²) >= 11 is 0. The molecule has 5 rings (SSSR count). The molecule has 0 aliphatic carbocycles. The van der Waals surface area contributed by atoms with Crippen molar-refractivity contribution >= 4 is 5.91 Å². The van der Waals surface area contributed by atoms with Crippen LogP contribution in [-0.4, -0.2) is 55.0 Å². The minimum atomic E-state index is -0.0871. The highest BCUT2D eigenvalue weighted by Crippen LogP contribution is 2.36. The van der Waals surface area contributed by atoms with E-state index in [-0.39, 0.29) is 18.4 Å². The second-order valence-corrected chi connectivity index (χ2v) is 7.21. The molecule has 3 aliphatic rings. The number of piperidine rings is 3. The lowest BCUT2D eigenvalue weighted by Gasteiger charge is -2.49. The highest BCUT2D eigenvalue weighted by Gasteiger charge is 2.43. The molecule has 0 spiro atoms. The fourth-order valence-electron chi connectivity index (χ4n) is 4.16. The van der Waals surface area contributed by atoms with E-state index in [1.165, 1.54) is 0 Å². The summed E-state index contributed by atoms with van der Waals surface area (Å²) in [5.74, 6) is 0.616. The van der Waals surface area contributed by atoms with E-state index in [0.29, 0.717) is 24.2 Å². The van der Waals surface area contributed by atoms with E-state index in [1.54, 1.807) is 23.3 Å². The van der Waals surface area contributed by atoms with E-state index in [1.807, 2.05) is 12.1 Å². The van der Waals surface area contributed by atoms with Crippen LogP contribution in [0.15, 0.2) is 30.7 Å². The third-order valence-electron chi connectivity index (χ3n) is 5.55. The van der Waals surface area contributed by atoms with Crippen molar-refractivity contribution in [2.45, 2.75) is 38.6 Å². The minimum absolute atomic E-state index is 0.0559. The molecular weight excluding hydrogens is 332 g/mol. The van der Waals surface area contributed by atoms with E-state index in [2.05, 4.69) is 25.5 Å². The fraction of sp³-hybridized carbons (Fsp3) is 0.556. The monoisotopic (exact) mass is 356 g/mol. The average molecular weight is 356 g/mol. The summed E-state index contributed by atoms with van der Waals surface area (Å²) < 4.78 is 1.80. The number of carbonyl (C=O) groups excluding carboxylic acids is 1. The van der Waals surface area contributed by atoms with Crippen LogP contribution in [0.5, 0.6) is 0 Å². The number of amides is 1. The number of nitrogens with zero attached hydrogens (tertiary/aromatic N) is 5. The van der Waals surface area contributed by atoms with Crippen molar-refractivity contribution in [3.63, 3.8) is 0 Å².